The van der Waals surface area contributed by atoms with Crippen molar-refractivity contribution in [2.75, 3.05) is 13.2 Å². The van der Waals surface area contributed by atoms with Gasteiger partial charge in [-0.3, -0.25) is 0 Å². The van der Waals surface area contributed by atoms with Gasteiger partial charge in [-0.25, -0.2) is 0 Å². The summed E-state index contributed by atoms with van der Waals surface area (Å²) in [6, 6.07) is 5.62. The van der Waals surface area contributed by atoms with Crippen molar-refractivity contribution in [3.05, 3.63) is 28.8 Å². The van der Waals surface area contributed by atoms with Gasteiger partial charge in [-0.05, 0) is 31.7 Å². The highest BCUT2D eigenvalue weighted by Gasteiger charge is 2.03. The van der Waals surface area contributed by atoms with Crippen molar-refractivity contribution in [2.24, 2.45) is 0 Å². The van der Waals surface area contributed by atoms with Crippen LogP contribution in [0, 0.1) is 11.8 Å². The second-order valence-electron chi connectivity index (χ2n) is 3.25. The summed E-state index contributed by atoms with van der Waals surface area (Å²) in [5.41, 5.74) is 1.06. The quantitative estimate of drug-likeness (QED) is 0.796. The molecule has 0 spiro atoms. The molecule has 0 aromatic heterocycles. The predicted molar refractivity (Wildman–Crippen MR) is 67.8 cm³/mol. The van der Waals surface area contributed by atoms with Crippen LogP contribution in [0.3, 0.4) is 0 Å². The summed E-state index contributed by atoms with van der Waals surface area (Å²) in [5.74, 6) is 6.51. The summed E-state index contributed by atoms with van der Waals surface area (Å²) < 4.78 is 5.56. The molecular formula is C13H16ClNO. The van der Waals surface area contributed by atoms with Gasteiger partial charge in [0.05, 0.1) is 0 Å². The van der Waals surface area contributed by atoms with E-state index in [0.29, 0.717) is 6.61 Å². The Hall–Kier alpha value is -1.17. The maximum absolute atomic E-state index is 5.95. The molecule has 0 radical (unpaired) electrons. The number of rotatable bonds is 5. The van der Waals surface area contributed by atoms with E-state index in [0.717, 1.165) is 29.4 Å². The third-order valence-corrected chi connectivity index (χ3v) is 2.30. The molecule has 0 bridgehead atoms. The third-order valence-electron chi connectivity index (χ3n) is 2.06. The van der Waals surface area contributed by atoms with Crippen molar-refractivity contribution in [1.82, 2.24) is 5.32 Å². The summed E-state index contributed by atoms with van der Waals surface area (Å²) in [7, 11) is 0. The molecule has 1 aromatic rings. The monoisotopic (exact) mass is 237 g/mol. The van der Waals surface area contributed by atoms with E-state index in [1.54, 1.807) is 6.92 Å². The fourth-order valence-electron chi connectivity index (χ4n) is 1.27. The Morgan fingerprint density at radius 2 is 2.25 bits per heavy atom. The van der Waals surface area contributed by atoms with Gasteiger partial charge >= 0.3 is 0 Å². The largest absolute Gasteiger partial charge is 0.481 e. The smallest absolute Gasteiger partial charge is 0.149 e. The first kappa shape index (κ1) is 12.9. The van der Waals surface area contributed by atoms with E-state index in [2.05, 4.69) is 24.1 Å². The predicted octanol–water partition coefficient (Wildman–Crippen LogP) is 2.85. The Morgan fingerprint density at radius 1 is 1.44 bits per heavy atom. The molecule has 0 aliphatic carbocycles. The van der Waals surface area contributed by atoms with Crippen LogP contribution in [0.4, 0.5) is 0 Å². The molecule has 0 fully saturated rings. The lowest BCUT2D eigenvalue weighted by Crippen LogP contribution is -2.13. The molecule has 86 valence electrons. The van der Waals surface area contributed by atoms with Crippen LogP contribution in [-0.4, -0.2) is 13.2 Å². The molecule has 2 nitrogen and oxygen atoms in total. The van der Waals surface area contributed by atoms with Crippen molar-refractivity contribution in [2.45, 2.75) is 20.4 Å². The fraction of sp³-hybridized carbons (Fsp3) is 0.385. The fourth-order valence-corrected chi connectivity index (χ4v) is 1.47. The lowest BCUT2D eigenvalue weighted by atomic mass is 10.2. The van der Waals surface area contributed by atoms with E-state index >= 15 is 0 Å². The molecule has 16 heavy (non-hydrogen) atoms. The minimum atomic E-state index is 0.414. The molecule has 0 saturated carbocycles. The molecule has 0 aliphatic heterocycles. The number of hydrogen-bond acceptors (Lipinski definition) is 2. The van der Waals surface area contributed by atoms with Gasteiger partial charge in [-0.1, -0.05) is 24.4 Å². The molecule has 1 rings (SSSR count). The van der Waals surface area contributed by atoms with Crippen LogP contribution in [-0.2, 0) is 6.54 Å². The first-order valence-corrected chi connectivity index (χ1v) is 5.67. The summed E-state index contributed by atoms with van der Waals surface area (Å²) in [4.78, 5) is 0. The van der Waals surface area contributed by atoms with Crippen molar-refractivity contribution in [3.8, 4) is 17.6 Å². The first-order valence-electron chi connectivity index (χ1n) is 5.29. The number of halogens is 1. The maximum Gasteiger partial charge on any atom is 0.149 e. The van der Waals surface area contributed by atoms with Crippen molar-refractivity contribution in [1.29, 1.82) is 0 Å². The minimum Gasteiger partial charge on any atom is -0.481 e. The van der Waals surface area contributed by atoms with Gasteiger partial charge in [-0.2, -0.15) is 0 Å². The van der Waals surface area contributed by atoms with Gasteiger partial charge in [0.15, 0.2) is 0 Å². The van der Waals surface area contributed by atoms with Crippen molar-refractivity contribution >= 4 is 11.6 Å². The van der Waals surface area contributed by atoms with E-state index in [1.807, 2.05) is 18.2 Å². The summed E-state index contributed by atoms with van der Waals surface area (Å²) in [6.45, 7) is 5.95. The zero-order chi connectivity index (χ0) is 11.8. The molecule has 1 N–H and O–H groups in total. The highest BCUT2D eigenvalue weighted by atomic mass is 35.5. The minimum absolute atomic E-state index is 0.414. The third kappa shape index (κ3) is 4.14. The Morgan fingerprint density at radius 3 is 2.94 bits per heavy atom. The van der Waals surface area contributed by atoms with Gasteiger partial charge in [0.2, 0.25) is 0 Å². The standard InChI is InChI=1S/C13H16ClNO/c1-3-5-8-16-13-7-6-12(14)9-11(13)10-15-4-2/h6-7,9,15H,4,8,10H2,1-2H3. The normalized spacial score (nSPS) is 9.44. The van der Waals surface area contributed by atoms with Crippen LogP contribution in [0.15, 0.2) is 18.2 Å². The molecule has 0 aliphatic rings. The zero-order valence-electron chi connectivity index (χ0n) is 9.64. The van der Waals surface area contributed by atoms with Crippen LogP contribution in [0.1, 0.15) is 19.4 Å². The number of nitrogens with one attached hydrogen (secondary N) is 1. The lowest BCUT2D eigenvalue weighted by molar-refractivity contribution is 0.365. The maximum atomic E-state index is 5.95. The van der Waals surface area contributed by atoms with Crippen LogP contribution in [0.5, 0.6) is 5.75 Å². The summed E-state index contributed by atoms with van der Waals surface area (Å²) in [6.07, 6.45) is 0. The molecule has 1 aromatic carbocycles. The van der Waals surface area contributed by atoms with Crippen LogP contribution >= 0.6 is 11.6 Å². The topological polar surface area (TPSA) is 21.3 Å². The molecule has 3 heteroatoms. The van der Waals surface area contributed by atoms with Gasteiger partial charge in [0.1, 0.15) is 12.4 Å². The van der Waals surface area contributed by atoms with Gasteiger partial charge in [0.25, 0.3) is 0 Å². The van der Waals surface area contributed by atoms with Gasteiger partial charge < -0.3 is 10.1 Å². The highest BCUT2D eigenvalue weighted by Crippen LogP contribution is 2.22. The highest BCUT2D eigenvalue weighted by molar-refractivity contribution is 6.30. The van der Waals surface area contributed by atoms with Crippen LogP contribution in [0.2, 0.25) is 5.02 Å². The average molecular weight is 238 g/mol. The van der Waals surface area contributed by atoms with E-state index in [9.17, 15) is 0 Å². The van der Waals surface area contributed by atoms with Gasteiger partial charge in [-0.15, -0.1) is 5.92 Å². The Kier molecular flexibility index (Phi) is 5.77. The van der Waals surface area contributed by atoms with Gasteiger partial charge in [0, 0.05) is 17.1 Å². The van der Waals surface area contributed by atoms with Crippen LogP contribution in [0.25, 0.3) is 0 Å². The zero-order valence-corrected chi connectivity index (χ0v) is 10.4. The second-order valence-corrected chi connectivity index (χ2v) is 3.68. The van der Waals surface area contributed by atoms with E-state index in [1.165, 1.54) is 0 Å². The number of ether oxygens (including phenoxy) is 1. The number of benzene rings is 1. The molecule has 0 unspecified atom stereocenters. The summed E-state index contributed by atoms with van der Waals surface area (Å²) in [5, 5.41) is 3.97. The molecular weight excluding hydrogens is 222 g/mol. The molecule has 0 atom stereocenters. The Bertz CT molecular complexity index is 393. The molecule has 0 amide bonds. The van der Waals surface area contributed by atoms with E-state index in [4.69, 9.17) is 16.3 Å². The molecule has 0 heterocycles. The second kappa shape index (κ2) is 7.16. The van der Waals surface area contributed by atoms with Crippen LogP contribution < -0.4 is 10.1 Å². The lowest BCUT2D eigenvalue weighted by Gasteiger charge is -2.10. The summed E-state index contributed by atoms with van der Waals surface area (Å²) >= 11 is 5.95. The molecule has 0 saturated heterocycles. The Balaban J connectivity index is 2.74. The SMILES string of the molecule is CC#CCOc1ccc(Cl)cc1CNCC. The first-order chi connectivity index (χ1) is 7.77. The van der Waals surface area contributed by atoms with E-state index < -0.39 is 0 Å². The average Bonchev–Trinajstić information content (AvgIpc) is 2.29. The van der Waals surface area contributed by atoms with Crippen molar-refractivity contribution in [3.63, 3.8) is 0 Å². The number of hydrogen-bond donors (Lipinski definition) is 1. The van der Waals surface area contributed by atoms with E-state index in [-0.39, 0.29) is 0 Å². The van der Waals surface area contributed by atoms with Crippen molar-refractivity contribution < 1.29 is 4.74 Å². The Labute approximate surface area is 102 Å².